The number of carboxylic acid groups (broad SMARTS) is 1. The number of benzene rings is 2. The SMILES string of the molecule is COc1ccc(OCCCC(=O)N2CCc3ccccc3C2C(=O)O)cc1. The summed E-state index contributed by atoms with van der Waals surface area (Å²) < 4.78 is 10.7. The second-order valence-electron chi connectivity index (χ2n) is 6.40. The number of amides is 1. The summed E-state index contributed by atoms with van der Waals surface area (Å²) in [6.07, 6.45) is 1.45. The molecule has 0 saturated carbocycles. The minimum absolute atomic E-state index is 0.157. The summed E-state index contributed by atoms with van der Waals surface area (Å²) in [4.78, 5) is 25.8. The van der Waals surface area contributed by atoms with Crippen molar-refractivity contribution in [2.45, 2.75) is 25.3 Å². The molecule has 27 heavy (non-hydrogen) atoms. The Morgan fingerprint density at radius 3 is 2.52 bits per heavy atom. The Labute approximate surface area is 158 Å². The van der Waals surface area contributed by atoms with E-state index < -0.39 is 12.0 Å². The molecular formula is C21H23NO5. The average molecular weight is 369 g/mol. The van der Waals surface area contributed by atoms with Crippen LogP contribution in [0, 0.1) is 0 Å². The smallest absolute Gasteiger partial charge is 0.331 e. The molecule has 1 N–H and O–H groups in total. The number of fused-ring (bicyclic) bond motifs is 1. The Hall–Kier alpha value is -3.02. The van der Waals surface area contributed by atoms with Crippen LogP contribution in [0.25, 0.3) is 0 Å². The molecule has 1 unspecified atom stereocenters. The predicted octanol–water partition coefficient (Wildman–Crippen LogP) is 3.06. The number of carboxylic acids is 1. The lowest BCUT2D eigenvalue weighted by atomic mass is 9.92. The second-order valence-corrected chi connectivity index (χ2v) is 6.40. The summed E-state index contributed by atoms with van der Waals surface area (Å²) in [7, 11) is 1.60. The number of ether oxygens (including phenoxy) is 2. The third kappa shape index (κ3) is 4.39. The summed E-state index contributed by atoms with van der Waals surface area (Å²) in [6, 6.07) is 13.7. The van der Waals surface area contributed by atoms with E-state index in [4.69, 9.17) is 9.47 Å². The first kappa shape index (κ1) is 18.8. The molecule has 142 valence electrons. The zero-order valence-corrected chi connectivity index (χ0v) is 15.3. The molecule has 0 fully saturated rings. The monoisotopic (exact) mass is 369 g/mol. The molecule has 0 spiro atoms. The molecule has 0 aliphatic carbocycles. The van der Waals surface area contributed by atoms with Gasteiger partial charge in [-0.3, -0.25) is 4.79 Å². The molecule has 1 aliphatic heterocycles. The summed E-state index contributed by atoms with van der Waals surface area (Å²) in [5.41, 5.74) is 1.70. The summed E-state index contributed by atoms with van der Waals surface area (Å²) in [5, 5.41) is 9.64. The second kappa shape index (κ2) is 8.58. The van der Waals surface area contributed by atoms with Crippen LogP contribution in [0.5, 0.6) is 11.5 Å². The Bertz CT molecular complexity index is 802. The fraction of sp³-hybridized carbons (Fsp3) is 0.333. The van der Waals surface area contributed by atoms with Crippen LogP contribution in [0.2, 0.25) is 0 Å². The van der Waals surface area contributed by atoms with Crippen LogP contribution >= 0.6 is 0 Å². The van der Waals surface area contributed by atoms with E-state index >= 15 is 0 Å². The number of hydrogen-bond donors (Lipinski definition) is 1. The van der Waals surface area contributed by atoms with Gasteiger partial charge in [-0.2, -0.15) is 0 Å². The first-order valence-corrected chi connectivity index (χ1v) is 8.97. The molecule has 1 heterocycles. The van der Waals surface area contributed by atoms with Gasteiger partial charge in [-0.15, -0.1) is 0 Å². The molecule has 6 heteroatoms. The minimum Gasteiger partial charge on any atom is -0.497 e. The minimum atomic E-state index is -0.995. The Balaban J connectivity index is 1.55. The third-order valence-corrected chi connectivity index (χ3v) is 4.70. The Morgan fingerprint density at radius 1 is 1.11 bits per heavy atom. The van der Waals surface area contributed by atoms with E-state index in [1.54, 1.807) is 13.2 Å². The molecule has 1 atom stereocenters. The van der Waals surface area contributed by atoms with Crippen molar-refractivity contribution in [2.24, 2.45) is 0 Å². The van der Waals surface area contributed by atoms with Crippen LogP contribution in [0.3, 0.4) is 0 Å². The van der Waals surface area contributed by atoms with Gasteiger partial charge in [0.2, 0.25) is 5.91 Å². The van der Waals surface area contributed by atoms with E-state index in [0.717, 1.165) is 11.3 Å². The van der Waals surface area contributed by atoms with Gasteiger partial charge >= 0.3 is 5.97 Å². The molecule has 0 aromatic heterocycles. The van der Waals surface area contributed by atoms with Crippen molar-refractivity contribution < 1.29 is 24.2 Å². The van der Waals surface area contributed by atoms with Gasteiger partial charge in [-0.05, 0) is 48.2 Å². The Morgan fingerprint density at radius 2 is 1.81 bits per heavy atom. The summed E-state index contributed by atoms with van der Waals surface area (Å²) in [5.74, 6) is 0.307. The highest BCUT2D eigenvalue weighted by Crippen LogP contribution is 2.30. The zero-order valence-electron chi connectivity index (χ0n) is 15.3. The van der Waals surface area contributed by atoms with E-state index in [1.807, 2.05) is 42.5 Å². The first-order valence-electron chi connectivity index (χ1n) is 8.97. The zero-order chi connectivity index (χ0) is 19.2. The van der Waals surface area contributed by atoms with Crippen LogP contribution in [0.4, 0.5) is 0 Å². The normalized spacial score (nSPS) is 15.7. The molecule has 0 bridgehead atoms. The maximum Gasteiger partial charge on any atom is 0.331 e. The number of rotatable bonds is 7. The van der Waals surface area contributed by atoms with Gasteiger partial charge in [-0.1, -0.05) is 24.3 Å². The third-order valence-electron chi connectivity index (χ3n) is 4.70. The van der Waals surface area contributed by atoms with Crippen molar-refractivity contribution in [1.29, 1.82) is 0 Å². The Kier molecular flexibility index (Phi) is 5.96. The fourth-order valence-electron chi connectivity index (χ4n) is 3.33. The molecule has 0 saturated heterocycles. The topological polar surface area (TPSA) is 76.1 Å². The van der Waals surface area contributed by atoms with Crippen molar-refractivity contribution in [3.05, 3.63) is 59.7 Å². The number of nitrogens with zero attached hydrogens (tertiary/aromatic N) is 1. The summed E-state index contributed by atoms with van der Waals surface area (Å²) >= 11 is 0. The van der Waals surface area contributed by atoms with Gasteiger partial charge < -0.3 is 19.5 Å². The number of hydrogen-bond acceptors (Lipinski definition) is 4. The van der Waals surface area contributed by atoms with Crippen molar-refractivity contribution in [1.82, 2.24) is 4.90 Å². The van der Waals surface area contributed by atoms with Crippen LogP contribution < -0.4 is 9.47 Å². The lowest BCUT2D eigenvalue weighted by Gasteiger charge is -2.34. The van der Waals surface area contributed by atoms with Gasteiger partial charge in [0.1, 0.15) is 11.5 Å². The molecule has 2 aromatic carbocycles. The van der Waals surface area contributed by atoms with Gasteiger partial charge in [0.05, 0.1) is 13.7 Å². The van der Waals surface area contributed by atoms with Gasteiger partial charge in [0, 0.05) is 13.0 Å². The number of carbonyl (C=O) groups excluding carboxylic acids is 1. The molecular weight excluding hydrogens is 346 g/mol. The van der Waals surface area contributed by atoms with Crippen LogP contribution in [-0.2, 0) is 16.0 Å². The quantitative estimate of drug-likeness (QED) is 0.759. The van der Waals surface area contributed by atoms with Gasteiger partial charge in [-0.25, -0.2) is 4.79 Å². The van der Waals surface area contributed by atoms with Crippen LogP contribution in [0.1, 0.15) is 30.0 Å². The molecule has 2 aromatic rings. The van der Waals surface area contributed by atoms with E-state index in [2.05, 4.69) is 0 Å². The predicted molar refractivity (Wildman–Crippen MR) is 100.0 cm³/mol. The van der Waals surface area contributed by atoms with E-state index in [-0.39, 0.29) is 12.3 Å². The van der Waals surface area contributed by atoms with E-state index in [1.165, 1.54) is 4.90 Å². The molecule has 3 rings (SSSR count). The summed E-state index contributed by atoms with van der Waals surface area (Å²) in [6.45, 7) is 0.812. The molecule has 1 amide bonds. The standard InChI is InChI=1S/C21H23NO5/c1-26-16-8-10-17(11-9-16)27-14-4-7-19(23)22-13-12-15-5-2-3-6-18(15)20(22)21(24)25/h2-3,5-6,8-11,20H,4,7,12-14H2,1H3,(H,24,25). The average Bonchev–Trinajstić information content (AvgIpc) is 2.70. The molecule has 6 nitrogen and oxygen atoms in total. The lowest BCUT2D eigenvalue weighted by molar-refractivity contribution is -0.151. The number of methoxy groups -OCH3 is 1. The van der Waals surface area contributed by atoms with Crippen molar-refractivity contribution in [3.63, 3.8) is 0 Å². The van der Waals surface area contributed by atoms with Crippen molar-refractivity contribution in [3.8, 4) is 11.5 Å². The lowest BCUT2D eigenvalue weighted by Crippen LogP contribution is -2.43. The van der Waals surface area contributed by atoms with Gasteiger partial charge in [0.15, 0.2) is 6.04 Å². The number of aliphatic carboxylic acids is 1. The van der Waals surface area contributed by atoms with E-state index in [9.17, 15) is 14.7 Å². The number of carbonyl (C=O) groups is 2. The maximum atomic E-state index is 12.6. The van der Waals surface area contributed by atoms with Crippen molar-refractivity contribution in [2.75, 3.05) is 20.3 Å². The van der Waals surface area contributed by atoms with Crippen LogP contribution in [-0.4, -0.2) is 42.1 Å². The maximum absolute atomic E-state index is 12.6. The highest BCUT2D eigenvalue weighted by atomic mass is 16.5. The van der Waals surface area contributed by atoms with Gasteiger partial charge in [0.25, 0.3) is 0 Å². The largest absolute Gasteiger partial charge is 0.497 e. The highest BCUT2D eigenvalue weighted by molar-refractivity contribution is 5.85. The highest BCUT2D eigenvalue weighted by Gasteiger charge is 2.35. The first-order chi connectivity index (χ1) is 13.1. The van der Waals surface area contributed by atoms with Crippen molar-refractivity contribution >= 4 is 11.9 Å². The fourth-order valence-corrected chi connectivity index (χ4v) is 3.33. The molecule has 1 aliphatic rings. The molecule has 0 radical (unpaired) electrons. The van der Waals surface area contributed by atoms with E-state index in [0.29, 0.717) is 37.3 Å². The van der Waals surface area contributed by atoms with Crippen LogP contribution in [0.15, 0.2) is 48.5 Å².